The van der Waals surface area contributed by atoms with Gasteiger partial charge in [0.05, 0.1) is 5.56 Å². The maximum Gasteiger partial charge on any atom is 0.416 e. The summed E-state index contributed by atoms with van der Waals surface area (Å²) in [6.45, 7) is 1.91. The minimum atomic E-state index is -4.48. The van der Waals surface area contributed by atoms with Crippen molar-refractivity contribution < 1.29 is 17.6 Å². The number of pyridine rings is 3. The van der Waals surface area contributed by atoms with Gasteiger partial charge in [0, 0.05) is 46.2 Å². The van der Waals surface area contributed by atoms with Gasteiger partial charge in [-0.1, -0.05) is 24.3 Å². The molecule has 0 aliphatic carbocycles. The number of hydrogen-bond donors (Lipinski definition) is 0. The van der Waals surface area contributed by atoms with Gasteiger partial charge in [-0.3, -0.25) is 19.3 Å². The Balaban J connectivity index is 1.57. The molecule has 4 aromatic heterocycles. The number of rotatable bonds is 3. The van der Waals surface area contributed by atoms with Crippen LogP contribution in [0.1, 0.15) is 11.3 Å². The molecule has 0 fully saturated rings. The lowest BCUT2D eigenvalue weighted by atomic mass is 10.1. The molecule has 6 nitrogen and oxygen atoms in total. The second kappa shape index (κ2) is 8.41. The van der Waals surface area contributed by atoms with Gasteiger partial charge in [-0.25, -0.2) is 4.98 Å². The highest BCUT2D eigenvalue weighted by Gasteiger charge is 2.30. The van der Waals surface area contributed by atoms with Gasteiger partial charge in [-0.05, 0) is 54.8 Å². The Morgan fingerprint density at radius 3 is 2.43 bits per heavy atom. The predicted octanol–water partition coefficient (Wildman–Crippen LogP) is 6.58. The van der Waals surface area contributed by atoms with E-state index in [1.165, 1.54) is 22.9 Å². The van der Waals surface area contributed by atoms with Crippen LogP contribution in [0.25, 0.3) is 50.3 Å². The molecule has 2 aromatic carbocycles. The first kappa shape index (κ1) is 22.7. The summed E-state index contributed by atoms with van der Waals surface area (Å²) in [5.41, 5.74) is 1.12. The average molecular weight is 498 g/mol. The SMILES string of the molecule is Cc1nccc2cc(-c3nc(-c4ccc(C(F)(F)F)cc4)c(-n4ccc5cccnc5c4=O)o3)ccc12. The molecule has 6 aromatic rings. The van der Waals surface area contributed by atoms with Crippen molar-refractivity contribution in [1.82, 2.24) is 19.5 Å². The van der Waals surface area contributed by atoms with Crippen molar-refractivity contribution in [2.24, 2.45) is 0 Å². The van der Waals surface area contributed by atoms with Crippen LogP contribution in [-0.2, 0) is 6.18 Å². The van der Waals surface area contributed by atoms with E-state index in [2.05, 4.69) is 15.0 Å². The highest BCUT2D eigenvalue weighted by Crippen LogP contribution is 2.35. The Morgan fingerprint density at radius 1 is 0.865 bits per heavy atom. The van der Waals surface area contributed by atoms with Crippen molar-refractivity contribution in [3.05, 3.63) is 107 Å². The van der Waals surface area contributed by atoms with E-state index in [1.54, 1.807) is 30.6 Å². The molecule has 0 aliphatic heterocycles. The second-order valence-electron chi connectivity index (χ2n) is 8.51. The maximum atomic E-state index is 13.3. The summed E-state index contributed by atoms with van der Waals surface area (Å²) < 4.78 is 46.9. The zero-order chi connectivity index (χ0) is 25.7. The Kier molecular flexibility index (Phi) is 5.15. The van der Waals surface area contributed by atoms with Crippen LogP contribution >= 0.6 is 0 Å². The zero-order valence-corrected chi connectivity index (χ0v) is 19.3. The number of alkyl halides is 3. The predicted molar refractivity (Wildman–Crippen MR) is 133 cm³/mol. The van der Waals surface area contributed by atoms with Crippen molar-refractivity contribution in [2.45, 2.75) is 13.1 Å². The van der Waals surface area contributed by atoms with Crippen molar-refractivity contribution in [3.8, 4) is 28.6 Å². The smallest absolute Gasteiger partial charge is 0.416 e. The third-order valence-corrected chi connectivity index (χ3v) is 6.19. The molecule has 0 N–H and O–H groups in total. The first-order chi connectivity index (χ1) is 17.8. The van der Waals surface area contributed by atoms with Crippen LogP contribution in [0.15, 0.2) is 94.5 Å². The Labute approximate surface area is 207 Å². The van der Waals surface area contributed by atoms with Crippen molar-refractivity contribution in [1.29, 1.82) is 0 Å². The zero-order valence-electron chi connectivity index (χ0n) is 19.3. The van der Waals surface area contributed by atoms with E-state index in [0.29, 0.717) is 16.5 Å². The van der Waals surface area contributed by atoms with Crippen molar-refractivity contribution >= 4 is 21.7 Å². The van der Waals surface area contributed by atoms with Crippen molar-refractivity contribution in [3.63, 3.8) is 0 Å². The summed E-state index contributed by atoms with van der Waals surface area (Å²) in [6.07, 6.45) is 0.287. The molecule has 182 valence electrons. The normalized spacial score (nSPS) is 11.9. The van der Waals surface area contributed by atoms with Crippen LogP contribution in [0.5, 0.6) is 0 Å². The third-order valence-electron chi connectivity index (χ3n) is 6.19. The third kappa shape index (κ3) is 3.94. The molecule has 6 rings (SSSR count). The number of benzene rings is 2. The topological polar surface area (TPSA) is 73.8 Å². The van der Waals surface area contributed by atoms with Crippen LogP contribution in [-0.4, -0.2) is 19.5 Å². The van der Waals surface area contributed by atoms with E-state index in [4.69, 9.17) is 4.42 Å². The van der Waals surface area contributed by atoms with E-state index in [-0.39, 0.29) is 23.0 Å². The minimum absolute atomic E-state index is 0.0818. The largest absolute Gasteiger partial charge is 0.419 e. The Bertz CT molecular complexity index is 1850. The molecule has 0 saturated carbocycles. The molecular weight excluding hydrogens is 481 g/mol. The van der Waals surface area contributed by atoms with Gasteiger partial charge in [0.1, 0.15) is 11.2 Å². The summed E-state index contributed by atoms with van der Waals surface area (Å²) in [5, 5.41) is 2.55. The number of nitrogens with zero attached hydrogens (tertiary/aromatic N) is 4. The Morgan fingerprint density at radius 2 is 1.65 bits per heavy atom. The molecule has 4 heterocycles. The molecule has 0 amide bonds. The fourth-order valence-corrected chi connectivity index (χ4v) is 4.29. The lowest BCUT2D eigenvalue weighted by molar-refractivity contribution is -0.137. The first-order valence-electron chi connectivity index (χ1n) is 11.3. The van der Waals surface area contributed by atoms with E-state index < -0.39 is 17.3 Å². The van der Waals surface area contributed by atoms with Gasteiger partial charge in [-0.2, -0.15) is 13.2 Å². The summed E-state index contributed by atoms with van der Waals surface area (Å²) in [4.78, 5) is 26.4. The quantitative estimate of drug-likeness (QED) is 0.275. The van der Waals surface area contributed by atoms with Crippen LogP contribution < -0.4 is 5.56 Å². The fourth-order valence-electron chi connectivity index (χ4n) is 4.29. The molecule has 0 bridgehead atoms. The lowest BCUT2D eigenvalue weighted by Gasteiger charge is -2.08. The van der Waals surface area contributed by atoms with E-state index in [0.717, 1.165) is 28.6 Å². The first-order valence-corrected chi connectivity index (χ1v) is 11.3. The average Bonchev–Trinajstić information content (AvgIpc) is 3.34. The van der Waals surface area contributed by atoms with Crippen LogP contribution in [0.3, 0.4) is 0 Å². The summed E-state index contributed by atoms with van der Waals surface area (Å²) >= 11 is 0. The minimum Gasteiger partial charge on any atom is -0.419 e. The molecule has 0 atom stereocenters. The molecule has 0 spiro atoms. The number of halogens is 3. The molecule has 37 heavy (non-hydrogen) atoms. The number of hydrogen-bond acceptors (Lipinski definition) is 5. The monoisotopic (exact) mass is 498 g/mol. The molecule has 0 aliphatic rings. The fraction of sp³-hybridized carbons (Fsp3) is 0.0714. The van der Waals surface area contributed by atoms with Gasteiger partial charge in [0.2, 0.25) is 11.8 Å². The second-order valence-corrected chi connectivity index (χ2v) is 8.51. The number of aryl methyl sites for hydroxylation is 1. The Hall–Kier alpha value is -4.79. The van der Waals surface area contributed by atoms with Crippen LogP contribution in [0.2, 0.25) is 0 Å². The molecule has 9 heteroatoms. The van der Waals surface area contributed by atoms with Gasteiger partial charge in [0.15, 0.2) is 0 Å². The van der Waals surface area contributed by atoms with E-state index in [1.807, 2.05) is 31.2 Å². The van der Waals surface area contributed by atoms with Crippen LogP contribution in [0, 0.1) is 6.92 Å². The standard InChI is InChI=1S/C28H17F3N4O2/c1-16-22-9-6-20(15-19(22)10-13-32-16)25-34-24(18-4-7-21(8-5-18)28(29,30)31)27(37-25)35-14-11-17-3-2-12-33-23(17)26(35)36/h2-15H,1H3. The summed E-state index contributed by atoms with van der Waals surface area (Å²) in [6, 6.07) is 17.3. The maximum absolute atomic E-state index is 13.3. The number of oxazole rings is 1. The summed E-state index contributed by atoms with van der Waals surface area (Å²) in [7, 11) is 0. The molecule has 0 radical (unpaired) electrons. The highest BCUT2D eigenvalue weighted by molar-refractivity contribution is 5.88. The molecule has 0 saturated heterocycles. The van der Waals surface area contributed by atoms with Gasteiger partial charge >= 0.3 is 6.18 Å². The highest BCUT2D eigenvalue weighted by atomic mass is 19.4. The van der Waals surface area contributed by atoms with Gasteiger partial charge in [-0.15, -0.1) is 0 Å². The number of fused-ring (bicyclic) bond motifs is 2. The summed E-state index contributed by atoms with van der Waals surface area (Å²) in [5.74, 6) is 0.299. The molecule has 0 unspecified atom stereocenters. The van der Waals surface area contributed by atoms with Crippen LogP contribution in [0.4, 0.5) is 13.2 Å². The molecular formula is C28H17F3N4O2. The van der Waals surface area contributed by atoms with Gasteiger partial charge in [0.25, 0.3) is 5.56 Å². The van der Waals surface area contributed by atoms with E-state index in [9.17, 15) is 18.0 Å². The number of aromatic nitrogens is 4. The van der Waals surface area contributed by atoms with Crippen molar-refractivity contribution in [2.75, 3.05) is 0 Å². The van der Waals surface area contributed by atoms with Gasteiger partial charge < -0.3 is 4.42 Å². The van der Waals surface area contributed by atoms with E-state index >= 15 is 0 Å². The lowest BCUT2D eigenvalue weighted by Crippen LogP contribution is -2.18.